The van der Waals surface area contributed by atoms with Crippen molar-refractivity contribution in [1.82, 2.24) is 19.8 Å². The molecule has 2 saturated heterocycles. The molecule has 2 N–H and O–H groups in total. The standard InChI is InChI=1S/C17H28N6O2/c1-14(25)22-9-7-21(8-10-22)6-4-18-16-11-17(20-13-19-16)23-5-2-3-15(23)12-24/h11,13,15,24H,2-10,12H2,1H3,(H,18,19,20)/t15-/m0/s1. The van der Waals surface area contributed by atoms with Crippen molar-refractivity contribution in [3.8, 4) is 0 Å². The molecule has 8 heteroatoms. The Morgan fingerprint density at radius 2 is 2.08 bits per heavy atom. The Kier molecular flexibility index (Phi) is 6.04. The van der Waals surface area contributed by atoms with Crippen LogP contribution in [0.1, 0.15) is 19.8 Å². The number of amides is 1. The Bertz CT molecular complexity index is 576. The van der Waals surface area contributed by atoms with E-state index in [9.17, 15) is 9.90 Å². The molecule has 0 aliphatic carbocycles. The van der Waals surface area contributed by atoms with Crippen molar-refractivity contribution in [3.63, 3.8) is 0 Å². The van der Waals surface area contributed by atoms with Gasteiger partial charge in [-0.3, -0.25) is 9.69 Å². The van der Waals surface area contributed by atoms with Crippen molar-refractivity contribution < 1.29 is 9.90 Å². The van der Waals surface area contributed by atoms with Crippen molar-refractivity contribution in [2.24, 2.45) is 0 Å². The van der Waals surface area contributed by atoms with E-state index in [1.807, 2.05) is 11.0 Å². The van der Waals surface area contributed by atoms with Crippen LogP contribution in [-0.2, 0) is 4.79 Å². The molecular formula is C17H28N6O2. The van der Waals surface area contributed by atoms with E-state index in [-0.39, 0.29) is 18.6 Å². The number of nitrogens with zero attached hydrogens (tertiary/aromatic N) is 5. The molecule has 3 heterocycles. The van der Waals surface area contributed by atoms with E-state index >= 15 is 0 Å². The molecule has 0 spiro atoms. The van der Waals surface area contributed by atoms with Crippen molar-refractivity contribution in [2.45, 2.75) is 25.8 Å². The SMILES string of the molecule is CC(=O)N1CCN(CCNc2cc(N3CCC[C@H]3CO)ncn2)CC1. The molecular weight excluding hydrogens is 320 g/mol. The zero-order chi connectivity index (χ0) is 17.6. The van der Waals surface area contributed by atoms with Crippen molar-refractivity contribution in [2.75, 3.05) is 62.6 Å². The third-order valence-corrected chi connectivity index (χ3v) is 5.09. The fraction of sp³-hybridized carbons (Fsp3) is 0.706. The third-order valence-electron chi connectivity index (χ3n) is 5.09. The third kappa shape index (κ3) is 4.58. The van der Waals surface area contributed by atoms with E-state index in [1.165, 1.54) is 0 Å². The smallest absolute Gasteiger partial charge is 0.219 e. The van der Waals surface area contributed by atoms with Crippen LogP contribution in [0.2, 0.25) is 0 Å². The molecule has 2 aliphatic rings. The van der Waals surface area contributed by atoms with Crippen LogP contribution in [0.4, 0.5) is 11.6 Å². The first kappa shape index (κ1) is 17.9. The Hall–Kier alpha value is -1.93. The first-order valence-corrected chi connectivity index (χ1v) is 9.08. The van der Waals surface area contributed by atoms with Crippen LogP contribution < -0.4 is 10.2 Å². The largest absolute Gasteiger partial charge is 0.394 e. The highest BCUT2D eigenvalue weighted by Crippen LogP contribution is 2.24. The monoisotopic (exact) mass is 348 g/mol. The van der Waals surface area contributed by atoms with Gasteiger partial charge < -0.3 is 20.2 Å². The minimum atomic E-state index is 0.161. The van der Waals surface area contributed by atoms with Gasteiger partial charge in [-0.15, -0.1) is 0 Å². The van der Waals surface area contributed by atoms with Gasteiger partial charge in [-0.2, -0.15) is 0 Å². The Morgan fingerprint density at radius 3 is 2.80 bits per heavy atom. The average Bonchev–Trinajstić information content (AvgIpc) is 3.11. The summed E-state index contributed by atoms with van der Waals surface area (Å²) in [6.45, 7) is 7.92. The molecule has 1 amide bonds. The second-order valence-electron chi connectivity index (χ2n) is 6.71. The van der Waals surface area contributed by atoms with Gasteiger partial charge in [-0.1, -0.05) is 0 Å². The van der Waals surface area contributed by atoms with E-state index in [0.717, 1.165) is 70.3 Å². The minimum absolute atomic E-state index is 0.161. The van der Waals surface area contributed by atoms with Gasteiger partial charge in [0.15, 0.2) is 0 Å². The lowest BCUT2D eigenvalue weighted by atomic mass is 10.2. The summed E-state index contributed by atoms with van der Waals surface area (Å²) in [6, 6.07) is 2.13. The maximum absolute atomic E-state index is 11.4. The van der Waals surface area contributed by atoms with Crippen LogP contribution in [0.25, 0.3) is 0 Å². The second kappa shape index (κ2) is 8.44. The zero-order valence-corrected chi connectivity index (χ0v) is 14.9. The second-order valence-corrected chi connectivity index (χ2v) is 6.71. The molecule has 1 atom stereocenters. The highest BCUT2D eigenvalue weighted by Gasteiger charge is 2.25. The number of nitrogens with one attached hydrogen (secondary N) is 1. The Morgan fingerprint density at radius 1 is 1.28 bits per heavy atom. The lowest BCUT2D eigenvalue weighted by Gasteiger charge is -2.34. The molecule has 2 fully saturated rings. The molecule has 1 aromatic rings. The first-order chi connectivity index (χ1) is 12.2. The van der Waals surface area contributed by atoms with Crippen LogP contribution in [0.3, 0.4) is 0 Å². The number of aromatic nitrogens is 2. The number of aliphatic hydroxyl groups excluding tert-OH is 1. The summed E-state index contributed by atoms with van der Waals surface area (Å²) in [4.78, 5) is 26.4. The molecule has 25 heavy (non-hydrogen) atoms. The average molecular weight is 348 g/mol. The summed E-state index contributed by atoms with van der Waals surface area (Å²) >= 11 is 0. The van der Waals surface area contributed by atoms with Crippen molar-refractivity contribution in [1.29, 1.82) is 0 Å². The van der Waals surface area contributed by atoms with Gasteiger partial charge in [0.25, 0.3) is 0 Å². The Labute approximate surface area is 148 Å². The number of carbonyl (C=O) groups excluding carboxylic acids is 1. The highest BCUT2D eigenvalue weighted by molar-refractivity contribution is 5.73. The lowest BCUT2D eigenvalue weighted by Crippen LogP contribution is -2.49. The van der Waals surface area contributed by atoms with Crippen LogP contribution >= 0.6 is 0 Å². The number of piperazine rings is 1. The number of hydrogen-bond acceptors (Lipinski definition) is 7. The normalized spacial score (nSPS) is 21.6. The number of aliphatic hydroxyl groups is 1. The molecule has 138 valence electrons. The summed E-state index contributed by atoms with van der Waals surface area (Å²) in [6.07, 6.45) is 3.68. The summed E-state index contributed by atoms with van der Waals surface area (Å²) in [5.74, 6) is 1.86. The van der Waals surface area contributed by atoms with E-state index in [2.05, 4.69) is 25.1 Å². The molecule has 2 aliphatic heterocycles. The van der Waals surface area contributed by atoms with E-state index in [1.54, 1.807) is 13.3 Å². The molecule has 0 aromatic carbocycles. The number of anilines is 2. The Balaban J connectivity index is 1.46. The molecule has 0 unspecified atom stereocenters. The number of carbonyl (C=O) groups is 1. The molecule has 0 saturated carbocycles. The van der Waals surface area contributed by atoms with Gasteiger partial charge in [-0.05, 0) is 12.8 Å². The van der Waals surface area contributed by atoms with Gasteiger partial charge in [0.2, 0.25) is 5.91 Å². The number of rotatable bonds is 6. The van der Waals surface area contributed by atoms with Gasteiger partial charge >= 0.3 is 0 Å². The van der Waals surface area contributed by atoms with Crippen LogP contribution in [0.15, 0.2) is 12.4 Å². The van der Waals surface area contributed by atoms with Crippen molar-refractivity contribution in [3.05, 3.63) is 12.4 Å². The predicted molar refractivity (Wildman–Crippen MR) is 96.7 cm³/mol. The minimum Gasteiger partial charge on any atom is -0.394 e. The summed E-state index contributed by atoms with van der Waals surface area (Å²) in [5, 5.41) is 12.8. The fourth-order valence-corrected chi connectivity index (χ4v) is 3.56. The van der Waals surface area contributed by atoms with Crippen LogP contribution in [0, 0.1) is 0 Å². The predicted octanol–water partition coefficient (Wildman–Crippen LogP) is 0.0137. The van der Waals surface area contributed by atoms with Gasteiger partial charge in [0.05, 0.1) is 12.6 Å². The van der Waals surface area contributed by atoms with E-state index < -0.39 is 0 Å². The van der Waals surface area contributed by atoms with Gasteiger partial charge in [0.1, 0.15) is 18.0 Å². The highest BCUT2D eigenvalue weighted by atomic mass is 16.3. The lowest BCUT2D eigenvalue weighted by molar-refractivity contribution is -0.130. The molecule has 8 nitrogen and oxygen atoms in total. The van der Waals surface area contributed by atoms with Crippen LogP contribution in [-0.4, -0.2) is 89.2 Å². The van der Waals surface area contributed by atoms with E-state index in [4.69, 9.17) is 0 Å². The first-order valence-electron chi connectivity index (χ1n) is 9.08. The van der Waals surface area contributed by atoms with E-state index in [0.29, 0.717) is 0 Å². The molecule has 1 aromatic heterocycles. The summed E-state index contributed by atoms with van der Waals surface area (Å²) < 4.78 is 0. The van der Waals surface area contributed by atoms with Gasteiger partial charge in [-0.25, -0.2) is 9.97 Å². The fourth-order valence-electron chi connectivity index (χ4n) is 3.56. The molecule has 3 rings (SSSR count). The maximum atomic E-state index is 11.4. The summed E-state index contributed by atoms with van der Waals surface area (Å²) in [5.41, 5.74) is 0. The van der Waals surface area contributed by atoms with Gasteiger partial charge in [0, 0.05) is 58.8 Å². The maximum Gasteiger partial charge on any atom is 0.219 e. The molecule has 0 bridgehead atoms. The molecule has 0 radical (unpaired) electrons. The number of hydrogen-bond donors (Lipinski definition) is 2. The van der Waals surface area contributed by atoms with Crippen LogP contribution in [0.5, 0.6) is 0 Å². The van der Waals surface area contributed by atoms with Crippen molar-refractivity contribution >= 4 is 17.5 Å². The summed E-state index contributed by atoms with van der Waals surface area (Å²) in [7, 11) is 0. The topological polar surface area (TPSA) is 84.8 Å². The quantitative estimate of drug-likeness (QED) is 0.749. The zero-order valence-electron chi connectivity index (χ0n) is 14.9.